The Bertz CT molecular complexity index is 496. The van der Waals surface area contributed by atoms with Gasteiger partial charge in [0.1, 0.15) is 17.7 Å². The van der Waals surface area contributed by atoms with Crippen LogP contribution in [0.5, 0.6) is 5.75 Å². The van der Waals surface area contributed by atoms with E-state index in [4.69, 9.17) is 14.2 Å². The molecule has 0 N–H and O–H groups in total. The van der Waals surface area contributed by atoms with E-state index in [0.29, 0.717) is 31.8 Å². The lowest BCUT2D eigenvalue weighted by Crippen LogP contribution is -2.35. The van der Waals surface area contributed by atoms with Gasteiger partial charge >= 0.3 is 0 Å². The van der Waals surface area contributed by atoms with Crippen molar-refractivity contribution in [3.8, 4) is 17.8 Å². The first-order valence-electron chi connectivity index (χ1n) is 6.23. The first kappa shape index (κ1) is 13.9. The van der Waals surface area contributed by atoms with Crippen molar-refractivity contribution in [1.82, 2.24) is 0 Å². The number of rotatable bonds is 3. The Kier molecular flexibility index (Phi) is 4.41. The Labute approximate surface area is 112 Å². The summed E-state index contributed by atoms with van der Waals surface area (Å²) in [5.41, 5.74) is 0.268. The zero-order valence-electron chi connectivity index (χ0n) is 11.2. The molecule has 1 heterocycles. The second-order valence-corrected chi connectivity index (χ2v) is 4.44. The van der Waals surface area contributed by atoms with Gasteiger partial charge in [-0.25, -0.2) is 4.39 Å². The summed E-state index contributed by atoms with van der Waals surface area (Å²) < 4.78 is 29.9. The smallest absolute Gasteiger partial charge is 0.143 e. The van der Waals surface area contributed by atoms with Crippen LogP contribution in [0.25, 0.3) is 0 Å². The lowest BCUT2D eigenvalue weighted by atomic mass is 9.86. The molecule has 1 fully saturated rings. The molecule has 0 spiro atoms. The zero-order chi connectivity index (χ0) is 13.7. The molecule has 1 aliphatic heterocycles. The molecule has 0 radical (unpaired) electrons. The monoisotopic (exact) mass is 264 g/mol. The fourth-order valence-electron chi connectivity index (χ4n) is 2.31. The molecular formula is C15H17FO3. The number of ether oxygens (including phenoxy) is 3. The number of halogens is 1. The number of methoxy groups -OCH3 is 1. The van der Waals surface area contributed by atoms with Crippen LogP contribution in [-0.2, 0) is 15.1 Å². The summed E-state index contributed by atoms with van der Waals surface area (Å²) >= 11 is 0. The third-order valence-electron chi connectivity index (χ3n) is 3.36. The van der Waals surface area contributed by atoms with E-state index < -0.39 is 5.60 Å². The van der Waals surface area contributed by atoms with Gasteiger partial charge < -0.3 is 14.2 Å². The maximum Gasteiger partial charge on any atom is 0.143 e. The minimum Gasteiger partial charge on any atom is -0.407 e. The Morgan fingerprint density at radius 2 is 2.00 bits per heavy atom. The number of benzene rings is 1. The standard InChI is InChI=1S/C15H17FO3/c1-3-6-19-14-10-12(9-13(16)11-14)15(17-2)4-7-18-8-5-15/h9-11H,4-5,7-8H2,1-2H3. The quantitative estimate of drug-likeness (QED) is 0.786. The highest BCUT2D eigenvalue weighted by molar-refractivity contribution is 5.34. The fourth-order valence-corrected chi connectivity index (χ4v) is 2.31. The highest BCUT2D eigenvalue weighted by atomic mass is 19.1. The highest BCUT2D eigenvalue weighted by Crippen LogP contribution is 2.37. The van der Waals surface area contributed by atoms with E-state index in [1.54, 1.807) is 20.1 Å². The van der Waals surface area contributed by atoms with E-state index in [1.165, 1.54) is 12.1 Å². The molecule has 1 aromatic carbocycles. The van der Waals surface area contributed by atoms with Crippen LogP contribution in [-0.4, -0.2) is 20.3 Å². The minimum absolute atomic E-state index is 0.353. The van der Waals surface area contributed by atoms with Crippen molar-refractivity contribution in [3.05, 3.63) is 29.6 Å². The molecule has 2 rings (SSSR count). The van der Waals surface area contributed by atoms with Gasteiger partial charge in [0, 0.05) is 46.2 Å². The Morgan fingerprint density at radius 1 is 1.26 bits per heavy atom. The first-order chi connectivity index (χ1) is 9.20. The Morgan fingerprint density at radius 3 is 2.63 bits per heavy atom. The topological polar surface area (TPSA) is 27.7 Å². The maximum atomic E-state index is 13.7. The number of hydrogen-bond acceptors (Lipinski definition) is 3. The summed E-state index contributed by atoms with van der Waals surface area (Å²) in [6, 6.07) is 4.58. The van der Waals surface area contributed by atoms with E-state index in [9.17, 15) is 4.39 Å². The summed E-state index contributed by atoms with van der Waals surface area (Å²) in [5.74, 6) is 2.65. The van der Waals surface area contributed by atoms with E-state index in [0.717, 1.165) is 5.56 Å². The average Bonchev–Trinajstić information content (AvgIpc) is 2.45. The summed E-state index contributed by atoms with van der Waals surface area (Å²) in [6.45, 7) is 2.87. The lowest BCUT2D eigenvalue weighted by molar-refractivity contribution is -0.0949. The van der Waals surface area contributed by atoms with Gasteiger partial charge in [-0.3, -0.25) is 0 Å². The molecule has 0 unspecified atom stereocenters. The van der Waals surface area contributed by atoms with E-state index in [-0.39, 0.29) is 5.82 Å². The molecule has 0 amide bonds. The molecule has 0 aliphatic carbocycles. The van der Waals surface area contributed by atoms with Crippen LogP contribution in [0.3, 0.4) is 0 Å². The van der Waals surface area contributed by atoms with Crippen LogP contribution in [0, 0.1) is 17.8 Å². The van der Waals surface area contributed by atoms with Gasteiger partial charge in [0.25, 0.3) is 0 Å². The summed E-state index contributed by atoms with van der Waals surface area (Å²) in [6.07, 6.45) is 3.87. The Balaban J connectivity index is 2.35. The SMILES string of the molecule is CC#COc1cc(F)cc(C2(OC)CCOCC2)c1. The van der Waals surface area contributed by atoms with Crippen molar-refractivity contribution >= 4 is 0 Å². The van der Waals surface area contributed by atoms with Crippen molar-refractivity contribution in [2.24, 2.45) is 0 Å². The van der Waals surface area contributed by atoms with Crippen molar-refractivity contribution in [2.75, 3.05) is 20.3 Å². The van der Waals surface area contributed by atoms with Crippen LogP contribution in [0.4, 0.5) is 4.39 Å². The van der Waals surface area contributed by atoms with Crippen molar-refractivity contribution in [2.45, 2.75) is 25.4 Å². The van der Waals surface area contributed by atoms with Crippen LogP contribution in [0.2, 0.25) is 0 Å². The molecule has 1 saturated heterocycles. The predicted octanol–water partition coefficient (Wildman–Crippen LogP) is 2.84. The molecule has 102 valence electrons. The first-order valence-corrected chi connectivity index (χ1v) is 6.23. The zero-order valence-corrected chi connectivity index (χ0v) is 11.2. The average molecular weight is 264 g/mol. The minimum atomic E-state index is -0.502. The second kappa shape index (κ2) is 6.05. The molecule has 0 bridgehead atoms. The van der Waals surface area contributed by atoms with Gasteiger partial charge in [0.05, 0.1) is 5.60 Å². The van der Waals surface area contributed by atoms with Crippen LogP contribution < -0.4 is 4.74 Å². The molecule has 3 nitrogen and oxygen atoms in total. The van der Waals surface area contributed by atoms with Crippen molar-refractivity contribution in [3.63, 3.8) is 0 Å². The van der Waals surface area contributed by atoms with Crippen LogP contribution in [0.15, 0.2) is 18.2 Å². The molecule has 0 atom stereocenters. The van der Waals surface area contributed by atoms with Gasteiger partial charge in [-0.15, -0.1) is 0 Å². The molecule has 0 saturated carbocycles. The lowest BCUT2D eigenvalue weighted by Gasteiger charge is -2.36. The normalized spacial score (nSPS) is 17.4. The predicted molar refractivity (Wildman–Crippen MR) is 69.2 cm³/mol. The third kappa shape index (κ3) is 3.06. The number of hydrogen-bond donors (Lipinski definition) is 0. The van der Waals surface area contributed by atoms with E-state index in [1.807, 2.05) is 0 Å². The van der Waals surface area contributed by atoms with Crippen molar-refractivity contribution in [1.29, 1.82) is 0 Å². The summed E-state index contributed by atoms with van der Waals surface area (Å²) in [7, 11) is 1.64. The maximum absolute atomic E-state index is 13.7. The fraction of sp³-hybridized carbons (Fsp3) is 0.467. The third-order valence-corrected chi connectivity index (χ3v) is 3.36. The van der Waals surface area contributed by atoms with Gasteiger partial charge in [-0.1, -0.05) is 5.92 Å². The largest absolute Gasteiger partial charge is 0.407 e. The van der Waals surface area contributed by atoms with E-state index >= 15 is 0 Å². The van der Waals surface area contributed by atoms with Crippen LogP contribution >= 0.6 is 0 Å². The highest BCUT2D eigenvalue weighted by Gasteiger charge is 2.35. The second-order valence-electron chi connectivity index (χ2n) is 4.44. The molecule has 0 aromatic heterocycles. The van der Waals surface area contributed by atoms with Gasteiger partial charge in [-0.2, -0.15) is 0 Å². The van der Waals surface area contributed by atoms with E-state index in [2.05, 4.69) is 12.0 Å². The molecule has 1 aromatic rings. The summed E-state index contributed by atoms with van der Waals surface area (Å²) in [5, 5.41) is 0. The molecular weight excluding hydrogens is 247 g/mol. The summed E-state index contributed by atoms with van der Waals surface area (Å²) in [4.78, 5) is 0. The van der Waals surface area contributed by atoms with Gasteiger partial charge in [0.15, 0.2) is 0 Å². The Hall–Kier alpha value is -1.57. The molecule has 1 aliphatic rings. The van der Waals surface area contributed by atoms with Gasteiger partial charge in [-0.05, 0) is 17.7 Å². The molecule has 4 heteroatoms. The molecule has 19 heavy (non-hydrogen) atoms. The van der Waals surface area contributed by atoms with Crippen molar-refractivity contribution < 1.29 is 18.6 Å². The van der Waals surface area contributed by atoms with Gasteiger partial charge in [0.2, 0.25) is 0 Å². The van der Waals surface area contributed by atoms with Crippen LogP contribution in [0.1, 0.15) is 25.3 Å².